The van der Waals surface area contributed by atoms with E-state index in [1.165, 1.54) is 22.5 Å². The predicted molar refractivity (Wildman–Crippen MR) is 89.0 cm³/mol. The highest BCUT2D eigenvalue weighted by molar-refractivity contribution is 7.15. The summed E-state index contributed by atoms with van der Waals surface area (Å²) >= 11 is 6.78. The van der Waals surface area contributed by atoms with Gasteiger partial charge in [0.25, 0.3) is 0 Å². The first-order valence-corrected chi connectivity index (χ1v) is 8.32. The number of hydrogen-bond donors (Lipinski definition) is 1. The number of anilines is 1. The van der Waals surface area contributed by atoms with E-state index in [1.54, 1.807) is 0 Å². The standard InChI is InChI=1S/C15H18ClN3O2S/c1-10-5-6-12(8-11(10)2)21-7-3-4-14-18-19-15(22-14)17-13(20)9-16/h5-6,8H,3-4,7,9H2,1-2H3,(H,17,19,20). The minimum Gasteiger partial charge on any atom is -0.494 e. The van der Waals surface area contributed by atoms with Crippen molar-refractivity contribution in [1.82, 2.24) is 10.2 Å². The van der Waals surface area contributed by atoms with Gasteiger partial charge < -0.3 is 4.74 Å². The zero-order valence-corrected chi connectivity index (χ0v) is 14.1. The highest BCUT2D eigenvalue weighted by atomic mass is 35.5. The quantitative estimate of drug-likeness (QED) is 0.620. The minimum absolute atomic E-state index is 0.0846. The number of halogens is 1. The van der Waals surface area contributed by atoms with Crippen molar-refractivity contribution in [2.24, 2.45) is 0 Å². The van der Waals surface area contributed by atoms with Crippen LogP contribution >= 0.6 is 22.9 Å². The van der Waals surface area contributed by atoms with Crippen LogP contribution in [0.2, 0.25) is 0 Å². The molecule has 1 aromatic heterocycles. The van der Waals surface area contributed by atoms with Gasteiger partial charge in [0.1, 0.15) is 16.6 Å². The Kier molecular flexibility index (Phi) is 6.15. The van der Waals surface area contributed by atoms with E-state index in [1.807, 2.05) is 12.1 Å². The normalized spacial score (nSPS) is 10.5. The molecule has 0 unspecified atom stereocenters. The van der Waals surface area contributed by atoms with E-state index in [-0.39, 0.29) is 11.8 Å². The first-order chi connectivity index (χ1) is 10.6. The lowest BCUT2D eigenvalue weighted by atomic mass is 10.1. The maximum atomic E-state index is 11.1. The molecule has 118 valence electrons. The minimum atomic E-state index is -0.276. The van der Waals surface area contributed by atoms with Crippen molar-refractivity contribution in [1.29, 1.82) is 0 Å². The van der Waals surface area contributed by atoms with E-state index in [2.05, 4.69) is 35.4 Å². The highest BCUT2D eigenvalue weighted by Crippen LogP contribution is 2.18. The lowest BCUT2D eigenvalue weighted by molar-refractivity contribution is -0.113. The van der Waals surface area contributed by atoms with Crippen LogP contribution in [0.25, 0.3) is 0 Å². The molecule has 2 aromatic rings. The molecular formula is C15H18ClN3O2S. The van der Waals surface area contributed by atoms with Gasteiger partial charge in [0.05, 0.1) is 6.61 Å². The van der Waals surface area contributed by atoms with Crippen LogP contribution in [0.3, 0.4) is 0 Å². The second-order valence-electron chi connectivity index (χ2n) is 4.88. The van der Waals surface area contributed by atoms with Crippen LogP contribution < -0.4 is 10.1 Å². The summed E-state index contributed by atoms with van der Waals surface area (Å²) < 4.78 is 5.72. The number of carbonyl (C=O) groups is 1. The molecule has 0 bridgehead atoms. The average Bonchev–Trinajstić information content (AvgIpc) is 2.94. The van der Waals surface area contributed by atoms with Crippen molar-refractivity contribution in [2.45, 2.75) is 26.7 Å². The van der Waals surface area contributed by atoms with Crippen LogP contribution in [-0.2, 0) is 11.2 Å². The largest absolute Gasteiger partial charge is 0.494 e. The number of ether oxygens (including phenoxy) is 1. The molecule has 0 fully saturated rings. The molecule has 0 aliphatic carbocycles. The number of aryl methyl sites for hydroxylation is 3. The van der Waals surface area contributed by atoms with E-state index in [0.29, 0.717) is 11.7 Å². The Morgan fingerprint density at radius 3 is 2.86 bits per heavy atom. The van der Waals surface area contributed by atoms with Crippen LogP contribution in [0.5, 0.6) is 5.75 Å². The summed E-state index contributed by atoms with van der Waals surface area (Å²) in [4.78, 5) is 11.1. The molecule has 0 radical (unpaired) electrons. The van der Waals surface area contributed by atoms with Crippen molar-refractivity contribution >= 4 is 34.0 Å². The topological polar surface area (TPSA) is 64.1 Å². The number of rotatable bonds is 7. The van der Waals surface area contributed by atoms with Crippen molar-refractivity contribution in [3.05, 3.63) is 34.3 Å². The third-order valence-electron chi connectivity index (χ3n) is 3.12. The van der Waals surface area contributed by atoms with Crippen molar-refractivity contribution in [2.75, 3.05) is 17.8 Å². The first kappa shape index (κ1) is 16.7. The van der Waals surface area contributed by atoms with E-state index >= 15 is 0 Å². The Morgan fingerprint density at radius 2 is 2.14 bits per heavy atom. The number of nitrogens with zero attached hydrogens (tertiary/aromatic N) is 2. The SMILES string of the molecule is Cc1ccc(OCCCc2nnc(NC(=O)CCl)s2)cc1C. The van der Waals surface area contributed by atoms with Gasteiger partial charge in [-0.2, -0.15) is 0 Å². The Labute approximate surface area is 138 Å². The molecule has 0 saturated heterocycles. The Bertz CT molecular complexity index is 645. The number of amides is 1. The van der Waals surface area contributed by atoms with E-state index in [4.69, 9.17) is 16.3 Å². The molecule has 2 rings (SSSR count). The molecule has 7 heteroatoms. The van der Waals surface area contributed by atoms with Gasteiger partial charge in [-0.05, 0) is 43.5 Å². The molecule has 0 spiro atoms. The van der Waals surface area contributed by atoms with Crippen LogP contribution in [0.4, 0.5) is 5.13 Å². The maximum absolute atomic E-state index is 11.1. The summed E-state index contributed by atoms with van der Waals surface area (Å²) in [6.45, 7) is 4.76. The monoisotopic (exact) mass is 339 g/mol. The maximum Gasteiger partial charge on any atom is 0.241 e. The van der Waals surface area contributed by atoms with Gasteiger partial charge in [-0.25, -0.2) is 0 Å². The average molecular weight is 340 g/mol. The van der Waals surface area contributed by atoms with Crippen LogP contribution in [-0.4, -0.2) is 28.6 Å². The first-order valence-electron chi connectivity index (χ1n) is 6.96. The van der Waals surface area contributed by atoms with Gasteiger partial charge in [-0.1, -0.05) is 17.4 Å². The number of carbonyl (C=O) groups excluding carboxylic acids is 1. The van der Waals surface area contributed by atoms with Gasteiger partial charge in [0.15, 0.2) is 0 Å². The molecule has 1 N–H and O–H groups in total. The summed E-state index contributed by atoms with van der Waals surface area (Å²) in [5.74, 6) is 0.525. The van der Waals surface area contributed by atoms with Gasteiger partial charge >= 0.3 is 0 Å². The molecule has 0 atom stereocenters. The Morgan fingerprint density at radius 1 is 1.32 bits per heavy atom. The van der Waals surface area contributed by atoms with E-state index < -0.39 is 0 Å². The van der Waals surface area contributed by atoms with Crippen molar-refractivity contribution in [3.8, 4) is 5.75 Å². The zero-order valence-electron chi connectivity index (χ0n) is 12.6. The molecule has 1 heterocycles. The summed E-state index contributed by atoms with van der Waals surface area (Å²) in [7, 11) is 0. The summed E-state index contributed by atoms with van der Waals surface area (Å²) in [5.41, 5.74) is 2.48. The summed E-state index contributed by atoms with van der Waals surface area (Å²) in [5, 5.41) is 11.9. The zero-order chi connectivity index (χ0) is 15.9. The lowest BCUT2D eigenvalue weighted by Gasteiger charge is -2.07. The molecule has 1 amide bonds. The number of aromatic nitrogens is 2. The van der Waals surface area contributed by atoms with Crippen molar-refractivity contribution < 1.29 is 9.53 Å². The molecule has 5 nitrogen and oxygen atoms in total. The molecule has 0 aliphatic heterocycles. The van der Waals surface area contributed by atoms with Gasteiger partial charge in [0.2, 0.25) is 11.0 Å². The van der Waals surface area contributed by atoms with Gasteiger partial charge in [-0.3, -0.25) is 10.1 Å². The number of benzene rings is 1. The van der Waals surface area contributed by atoms with E-state index in [9.17, 15) is 4.79 Å². The summed E-state index contributed by atoms with van der Waals surface area (Å²) in [6.07, 6.45) is 1.60. The highest BCUT2D eigenvalue weighted by Gasteiger charge is 2.07. The summed E-state index contributed by atoms with van der Waals surface area (Å²) in [6, 6.07) is 6.08. The van der Waals surface area contributed by atoms with E-state index in [0.717, 1.165) is 23.6 Å². The van der Waals surface area contributed by atoms with Crippen LogP contribution in [0, 0.1) is 13.8 Å². The number of alkyl halides is 1. The Balaban J connectivity index is 1.74. The fourth-order valence-electron chi connectivity index (χ4n) is 1.77. The second-order valence-corrected chi connectivity index (χ2v) is 6.21. The molecule has 22 heavy (non-hydrogen) atoms. The number of hydrogen-bond acceptors (Lipinski definition) is 5. The molecule has 1 aromatic carbocycles. The fourth-order valence-corrected chi connectivity index (χ4v) is 2.64. The smallest absolute Gasteiger partial charge is 0.241 e. The van der Waals surface area contributed by atoms with Gasteiger partial charge in [-0.15, -0.1) is 21.8 Å². The third kappa shape index (κ3) is 4.96. The Hall–Kier alpha value is -1.66. The van der Waals surface area contributed by atoms with Gasteiger partial charge in [0, 0.05) is 6.42 Å². The fraction of sp³-hybridized carbons (Fsp3) is 0.400. The van der Waals surface area contributed by atoms with Crippen molar-refractivity contribution in [3.63, 3.8) is 0 Å². The molecular weight excluding hydrogens is 322 g/mol. The van der Waals surface area contributed by atoms with Crippen LogP contribution in [0.15, 0.2) is 18.2 Å². The number of nitrogens with one attached hydrogen (secondary N) is 1. The lowest BCUT2D eigenvalue weighted by Crippen LogP contribution is -2.12. The predicted octanol–water partition coefficient (Wildman–Crippen LogP) is 3.34. The van der Waals surface area contributed by atoms with Crippen LogP contribution in [0.1, 0.15) is 22.6 Å². The third-order valence-corrected chi connectivity index (χ3v) is 4.26. The molecule has 0 aliphatic rings. The second kappa shape index (κ2) is 8.10. The molecule has 0 saturated carbocycles.